The van der Waals surface area contributed by atoms with Crippen LogP contribution >= 0.6 is 11.8 Å². The predicted octanol–water partition coefficient (Wildman–Crippen LogP) is 4.03. The quantitative estimate of drug-likeness (QED) is 0.299. The fraction of sp³-hybridized carbons (Fsp3) is 0.300. The number of aromatic amines is 1. The second-order valence-corrected chi connectivity index (χ2v) is 7.11. The molecule has 6 nitrogen and oxygen atoms in total. The van der Waals surface area contributed by atoms with Gasteiger partial charge in [0.15, 0.2) is 5.78 Å². The summed E-state index contributed by atoms with van der Waals surface area (Å²) in [5.74, 6) is 0.383. The monoisotopic (exact) mass is 383 g/mol. The summed E-state index contributed by atoms with van der Waals surface area (Å²) >= 11 is 1.37. The summed E-state index contributed by atoms with van der Waals surface area (Å²) < 4.78 is 5.08. The number of ether oxygens (including phenoxy) is 1. The number of H-pyrrole nitrogens is 1. The average Bonchev–Trinajstić information content (AvgIpc) is 2.94. The molecule has 0 aliphatic rings. The van der Waals surface area contributed by atoms with Crippen LogP contribution in [0.2, 0.25) is 0 Å². The zero-order valence-electron chi connectivity index (χ0n) is 15.8. The number of fused-ring (bicyclic) bond motifs is 1. The first kappa shape index (κ1) is 19.1. The molecule has 0 saturated heterocycles. The Hall–Kier alpha value is -2.67. The molecule has 0 aliphatic carbocycles. The molecular weight excluding hydrogens is 362 g/mol. The summed E-state index contributed by atoms with van der Waals surface area (Å²) in [6, 6.07) is 7.73. The van der Waals surface area contributed by atoms with Gasteiger partial charge >= 0.3 is 5.97 Å². The van der Waals surface area contributed by atoms with Crippen molar-refractivity contribution in [1.29, 1.82) is 0 Å². The first-order valence-electron chi connectivity index (χ1n) is 8.68. The third-order valence-electron chi connectivity index (χ3n) is 4.22. The summed E-state index contributed by atoms with van der Waals surface area (Å²) in [5.41, 5.74) is 3.01. The number of nitrogens with zero attached hydrogens (tertiary/aromatic N) is 2. The topological polar surface area (TPSA) is 84.9 Å². The third kappa shape index (κ3) is 3.88. The van der Waals surface area contributed by atoms with Crippen molar-refractivity contribution in [3.05, 3.63) is 52.6 Å². The molecule has 1 N–H and O–H groups in total. The van der Waals surface area contributed by atoms with Gasteiger partial charge in [-0.25, -0.2) is 14.8 Å². The van der Waals surface area contributed by atoms with Crippen LogP contribution in [-0.2, 0) is 4.74 Å². The molecule has 2 heterocycles. The molecule has 0 radical (unpaired) electrons. The second kappa shape index (κ2) is 7.92. The highest BCUT2D eigenvalue weighted by Crippen LogP contribution is 2.27. The summed E-state index contributed by atoms with van der Waals surface area (Å²) in [5, 5.41) is 1.70. The molecule has 0 atom stereocenters. The van der Waals surface area contributed by atoms with Gasteiger partial charge in [0.1, 0.15) is 10.9 Å². The van der Waals surface area contributed by atoms with Crippen molar-refractivity contribution in [3.8, 4) is 0 Å². The van der Waals surface area contributed by atoms with E-state index in [-0.39, 0.29) is 11.5 Å². The normalized spacial score (nSPS) is 11.0. The van der Waals surface area contributed by atoms with Crippen LogP contribution < -0.4 is 0 Å². The van der Waals surface area contributed by atoms with E-state index in [0.717, 1.165) is 15.9 Å². The van der Waals surface area contributed by atoms with Crippen molar-refractivity contribution in [2.75, 3.05) is 12.4 Å². The minimum Gasteiger partial charge on any atom is -0.462 e. The largest absolute Gasteiger partial charge is 0.462 e. The van der Waals surface area contributed by atoms with E-state index in [4.69, 9.17) is 4.74 Å². The Morgan fingerprint density at radius 2 is 1.89 bits per heavy atom. The van der Waals surface area contributed by atoms with Crippen molar-refractivity contribution < 1.29 is 14.3 Å². The Bertz CT molecular complexity index is 1030. The van der Waals surface area contributed by atoms with Crippen LogP contribution in [0.4, 0.5) is 0 Å². The fourth-order valence-electron chi connectivity index (χ4n) is 3.01. The maximum atomic E-state index is 12.8. The van der Waals surface area contributed by atoms with Gasteiger partial charge in [0.25, 0.3) is 0 Å². The van der Waals surface area contributed by atoms with Crippen molar-refractivity contribution in [2.45, 2.75) is 32.7 Å². The Labute approximate surface area is 161 Å². The van der Waals surface area contributed by atoms with Crippen LogP contribution in [0.1, 0.15) is 44.9 Å². The number of thioether (sulfide) groups is 1. The highest BCUT2D eigenvalue weighted by atomic mass is 32.2. The van der Waals surface area contributed by atoms with Gasteiger partial charge in [0.2, 0.25) is 0 Å². The molecule has 0 spiro atoms. The molecule has 140 valence electrons. The number of benzene rings is 1. The fourth-order valence-corrected chi connectivity index (χ4v) is 3.95. The van der Waals surface area contributed by atoms with Gasteiger partial charge < -0.3 is 9.72 Å². The molecular formula is C20H21N3O3S. The lowest BCUT2D eigenvalue weighted by atomic mass is 10.1. The SMILES string of the molecule is CCOC(=O)c1c(C)[nH]c(C(=O)CSc2nc(C)nc3ccccc23)c1C. The van der Waals surface area contributed by atoms with Crippen molar-refractivity contribution in [2.24, 2.45) is 0 Å². The van der Waals surface area contributed by atoms with Crippen molar-refractivity contribution in [1.82, 2.24) is 15.0 Å². The van der Waals surface area contributed by atoms with Crippen LogP contribution in [0, 0.1) is 20.8 Å². The number of hydrogen-bond acceptors (Lipinski definition) is 6. The van der Waals surface area contributed by atoms with Crippen molar-refractivity contribution >= 4 is 34.4 Å². The van der Waals surface area contributed by atoms with Crippen LogP contribution in [-0.4, -0.2) is 39.1 Å². The molecule has 0 unspecified atom stereocenters. The van der Waals surface area contributed by atoms with Gasteiger partial charge in [-0.05, 0) is 39.3 Å². The lowest BCUT2D eigenvalue weighted by molar-refractivity contribution is 0.0525. The van der Waals surface area contributed by atoms with E-state index < -0.39 is 5.97 Å². The Morgan fingerprint density at radius 1 is 1.15 bits per heavy atom. The lowest BCUT2D eigenvalue weighted by Crippen LogP contribution is -2.08. The van der Waals surface area contributed by atoms with Crippen LogP contribution in [0.15, 0.2) is 29.3 Å². The first-order chi connectivity index (χ1) is 12.9. The van der Waals surface area contributed by atoms with E-state index in [0.29, 0.717) is 34.9 Å². The Kier molecular flexibility index (Phi) is 5.60. The maximum Gasteiger partial charge on any atom is 0.340 e. The molecule has 1 aromatic carbocycles. The van der Waals surface area contributed by atoms with E-state index in [2.05, 4.69) is 15.0 Å². The van der Waals surface area contributed by atoms with E-state index >= 15 is 0 Å². The minimum absolute atomic E-state index is 0.0866. The summed E-state index contributed by atoms with van der Waals surface area (Å²) in [7, 11) is 0. The van der Waals surface area contributed by atoms with E-state index in [9.17, 15) is 9.59 Å². The number of esters is 1. The zero-order valence-corrected chi connectivity index (χ0v) is 16.6. The molecule has 0 fully saturated rings. The summed E-state index contributed by atoms with van der Waals surface area (Å²) in [4.78, 5) is 36.8. The molecule has 0 aliphatic heterocycles. The van der Waals surface area contributed by atoms with Crippen LogP contribution in [0.3, 0.4) is 0 Å². The number of carbonyl (C=O) groups is 2. The van der Waals surface area contributed by atoms with Gasteiger partial charge in [-0.2, -0.15) is 0 Å². The molecule has 0 saturated carbocycles. The number of aryl methyl sites for hydroxylation is 2. The first-order valence-corrected chi connectivity index (χ1v) is 9.66. The van der Waals surface area contributed by atoms with Crippen molar-refractivity contribution in [3.63, 3.8) is 0 Å². The maximum absolute atomic E-state index is 12.8. The molecule has 3 aromatic rings. The highest BCUT2D eigenvalue weighted by molar-refractivity contribution is 8.00. The highest BCUT2D eigenvalue weighted by Gasteiger charge is 2.23. The number of para-hydroxylation sites is 1. The molecule has 3 rings (SSSR count). The van der Waals surface area contributed by atoms with Crippen LogP contribution in [0.25, 0.3) is 10.9 Å². The van der Waals surface area contributed by atoms with Gasteiger partial charge in [-0.1, -0.05) is 30.0 Å². The van der Waals surface area contributed by atoms with Gasteiger partial charge in [0, 0.05) is 11.1 Å². The van der Waals surface area contributed by atoms with E-state index in [1.54, 1.807) is 20.8 Å². The predicted molar refractivity (Wildman–Crippen MR) is 106 cm³/mol. The number of rotatable bonds is 6. The molecule has 7 heteroatoms. The second-order valence-electron chi connectivity index (χ2n) is 6.15. The standard InChI is InChI=1S/C20H21N3O3S/c1-5-26-20(25)17-11(2)18(21-12(17)3)16(24)10-27-19-14-8-6-7-9-15(14)22-13(4)23-19/h6-9,21H,5,10H2,1-4H3. The number of hydrogen-bond donors (Lipinski definition) is 1. The molecule has 27 heavy (non-hydrogen) atoms. The number of carbonyl (C=O) groups excluding carboxylic acids is 2. The van der Waals surface area contributed by atoms with E-state index in [1.807, 2.05) is 31.2 Å². The smallest absolute Gasteiger partial charge is 0.340 e. The van der Waals surface area contributed by atoms with Gasteiger partial charge in [-0.15, -0.1) is 0 Å². The number of nitrogens with one attached hydrogen (secondary N) is 1. The summed E-state index contributed by atoms with van der Waals surface area (Å²) in [6.45, 7) is 7.42. The average molecular weight is 383 g/mol. The number of aromatic nitrogens is 3. The third-order valence-corrected chi connectivity index (χ3v) is 5.21. The van der Waals surface area contributed by atoms with Crippen LogP contribution in [0.5, 0.6) is 0 Å². The zero-order chi connectivity index (χ0) is 19.6. The van der Waals surface area contributed by atoms with E-state index in [1.165, 1.54) is 11.8 Å². The lowest BCUT2D eigenvalue weighted by Gasteiger charge is -2.06. The minimum atomic E-state index is -0.409. The number of Topliss-reactive ketones (excluding diaryl/α,β-unsaturated/α-hetero) is 1. The molecule has 0 amide bonds. The Balaban J connectivity index is 1.83. The Morgan fingerprint density at radius 3 is 2.63 bits per heavy atom. The van der Waals surface area contributed by atoms with Gasteiger partial charge in [-0.3, -0.25) is 4.79 Å². The molecule has 0 bridgehead atoms. The molecule has 2 aromatic heterocycles. The summed E-state index contributed by atoms with van der Waals surface area (Å²) in [6.07, 6.45) is 0. The van der Waals surface area contributed by atoms with Gasteiger partial charge in [0.05, 0.1) is 29.1 Å². The number of ketones is 1.